The smallest absolute Gasteiger partial charge is 0.227 e. The summed E-state index contributed by atoms with van der Waals surface area (Å²) in [7, 11) is 1.67. The number of hydrogen-bond donors (Lipinski definition) is 1. The quantitative estimate of drug-likeness (QED) is 0.880. The highest BCUT2D eigenvalue weighted by molar-refractivity contribution is 5.97. The van der Waals surface area contributed by atoms with E-state index in [1.165, 1.54) is 0 Å². The number of benzene rings is 1. The predicted octanol–water partition coefficient (Wildman–Crippen LogP) is 1.72. The molecular formula is C15H20N2O2. The van der Waals surface area contributed by atoms with Gasteiger partial charge in [-0.3, -0.25) is 4.79 Å². The van der Waals surface area contributed by atoms with E-state index in [1.807, 2.05) is 30.0 Å². The molecule has 2 unspecified atom stereocenters. The van der Waals surface area contributed by atoms with Crippen LogP contribution in [0, 0.1) is 12.8 Å². The van der Waals surface area contributed by atoms with Crippen LogP contribution in [0.3, 0.4) is 0 Å². The van der Waals surface area contributed by atoms with Gasteiger partial charge in [0.25, 0.3) is 0 Å². The second-order valence-electron chi connectivity index (χ2n) is 5.44. The Morgan fingerprint density at radius 1 is 1.42 bits per heavy atom. The van der Waals surface area contributed by atoms with E-state index >= 15 is 0 Å². The predicted molar refractivity (Wildman–Crippen MR) is 74.6 cm³/mol. The average molecular weight is 260 g/mol. The Morgan fingerprint density at radius 2 is 2.26 bits per heavy atom. The largest absolute Gasteiger partial charge is 0.496 e. The molecule has 0 aromatic heterocycles. The van der Waals surface area contributed by atoms with Crippen molar-refractivity contribution in [2.75, 3.05) is 25.1 Å². The van der Waals surface area contributed by atoms with Crippen molar-refractivity contribution in [1.82, 2.24) is 5.32 Å². The van der Waals surface area contributed by atoms with Gasteiger partial charge in [0, 0.05) is 18.7 Å². The molecule has 3 rings (SSSR count). The molecule has 2 heterocycles. The highest BCUT2D eigenvalue weighted by Crippen LogP contribution is 2.35. The number of ether oxygens (including phenoxy) is 1. The van der Waals surface area contributed by atoms with Gasteiger partial charge in [-0.25, -0.2) is 0 Å². The van der Waals surface area contributed by atoms with Crippen LogP contribution in [0.5, 0.6) is 5.75 Å². The molecule has 2 aliphatic heterocycles. The zero-order chi connectivity index (χ0) is 13.4. The molecule has 2 atom stereocenters. The molecule has 19 heavy (non-hydrogen) atoms. The summed E-state index contributed by atoms with van der Waals surface area (Å²) in [6.07, 6.45) is 1.79. The van der Waals surface area contributed by atoms with Gasteiger partial charge in [-0.1, -0.05) is 0 Å². The molecule has 1 amide bonds. The summed E-state index contributed by atoms with van der Waals surface area (Å²) in [4.78, 5) is 14.2. The number of amides is 1. The molecule has 0 spiro atoms. The monoisotopic (exact) mass is 260 g/mol. The number of methoxy groups -OCH3 is 1. The maximum absolute atomic E-state index is 12.3. The first-order valence-corrected chi connectivity index (χ1v) is 6.88. The number of nitrogens with one attached hydrogen (secondary N) is 1. The van der Waals surface area contributed by atoms with Crippen LogP contribution in [0.4, 0.5) is 5.69 Å². The summed E-state index contributed by atoms with van der Waals surface area (Å²) in [5.74, 6) is 1.63. The van der Waals surface area contributed by atoms with Crippen molar-refractivity contribution < 1.29 is 9.53 Å². The van der Waals surface area contributed by atoms with Gasteiger partial charge in [0.2, 0.25) is 5.91 Å². The van der Waals surface area contributed by atoms with Gasteiger partial charge in [0.1, 0.15) is 5.75 Å². The standard InChI is InChI=1S/C15H20N2O2/c1-10-7-12(3-4-14(10)19-2)17-13-9-16-6-5-11(13)8-15(17)18/h3-4,7,11,13,16H,5-6,8-9H2,1-2H3. The van der Waals surface area contributed by atoms with Crippen LogP contribution < -0.4 is 15.0 Å². The molecule has 1 aromatic carbocycles. The molecular weight excluding hydrogens is 240 g/mol. The Balaban J connectivity index is 1.92. The van der Waals surface area contributed by atoms with Crippen molar-refractivity contribution in [2.24, 2.45) is 5.92 Å². The SMILES string of the molecule is COc1ccc(N2C(=O)CC3CCNCC32)cc1C. The van der Waals surface area contributed by atoms with E-state index in [1.54, 1.807) is 7.11 Å². The summed E-state index contributed by atoms with van der Waals surface area (Å²) < 4.78 is 5.28. The number of rotatable bonds is 2. The summed E-state index contributed by atoms with van der Waals surface area (Å²) in [5, 5.41) is 3.40. The molecule has 2 aliphatic rings. The Morgan fingerprint density at radius 3 is 3.00 bits per heavy atom. The van der Waals surface area contributed by atoms with Crippen LogP contribution in [0.1, 0.15) is 18.4 Å². The highest BCUT2D eigenvalue weighted by Gasteiger charge is 2.41. The van der Waals surface area contributed by atoms with Gasteiger partial charge in [-0.2, -0.15) is 0 Å². The normalized spacial score (nSPS) is 26.4. The number of aryl methyl sites for hydroxylation is 1. The molecule has 0 radical (unpaired) electrons. The van der Waals surface area contributed by atoms with Crippen molar-refractivity contribution >= 4 is 11.6 Å². The number of carbonyl (C=O) groups excluding carboxylic acids is 1. The Kier molecular flexibility index (Phi) is 3.19. The number of carbonyl (C=O) groups is 1. The molecule has 4 heteroatoms. The minimum absolute atomic E-state index is 0.253. The van der Waals surface area contributed by atoms with Gasteiger partial charge in [-0.15, -0.1) is 0 Å². The molecule has 0 aliphatic carbocycles. The lowest BCUT2D eigenvalue weighted by Gasteiger charge is -2.32. The number of anilines is 1. The summed E-state index contributed by atoms with van der Waals surface area (Å²) in [6, 6.07) is 6.30. The third kappa shape index (κ3) is 2.10. The molecule has 4 nitrogen and oxygen atoms in total. The second-order valence-corrected chi connectivity index (χ2v) is 5.44. The van der Waals surface area contributed by atoms with Crippen molar-refractivity contribution in [2.45, 2.75) is 25.8 Å². The van der Waals surface area contributed by atoms with E-state index in [9.17, 15) is 4.79 Å². The van der Waals surface area contributed by atoms with Crippen molar-refractivity contribution in [1.29, 1.82) is 0 Å². The molecule has 1 aromatic rings. The van der Waals surface area contributed by atoms with Crippen molar-refractivity contribution in [3.63, 3.8) is 0 Å². The maximum atomic E-state index is 12.3. The third-order valence-corrected chi connectivity index (χ3v) is 4.28. The first-order chi connectivity index (χ1) is 9.20. The lowest BCUT2D eigenvalue weighted by molar-refractivity contribution is -0.117. The molecule has 102 valence electrons. The van der Waals surface area contributed by atoms with E-state index < -0.39 is 0 Å². The number of hydrogen-bond acceptors (Lipinski definition) is 3. The Hall–Kier alpha value is -1.55. The fourth-order valence-electron chi connectivity index (χ4n) is 3.29. The van der Waals surface area contributed by atoms with Gasteiger partial charge in [-0.05, 0) is 49.6 Å². The van der Waals surface area contributed by atoms with E-state index in [2.05, 4.69) is 5.32 Å². The molecule has 2 saturated heterocycles. The van der Waals surface area contributed by atoms with Gasteiger partial charge >= 0.3 is 0 Å². The minimum atomic E-state index is 0.253. The summed E-state index contributed by atoms with van der Waals surface area (Å²) in [6.45, 7) is 3.95. The molecule has 1 N–H and O–H groups in total. The Labute approximate surface area is 113 Å². The second kappa shape index (κ2) is 4.85. The number of nitrogens with zero attached hydrogens (tertiary/aromatic N) is 1. The Bertz CT molecular complexity index is 501. The number of piperidine rings is 1. The molecule has 0 bridgehead atoms. The van der Waals surface area contributed by atoms with E-state index in [0.717, 1.165) is 36.5 Å². The maximum Gasteiger partial charge on any atom is 0.227 e. The van der Waals surface area contributed by atoms with Gasteiger partial charge in [0.15, 0.2) is 0 Å². The highest BCUT2D eigenvalue weighted by atomic mass is 16.5. The van der Waals surface area contributed by atoms with Gasteiger partial charge < -0.3 is 15.0 Å². The van der Waals surface area contributed by atoms with Crippen LogP contribution in [-0.4, -0.2) is 32.1 Å². The average Bonchev–Trinajstić information content (AvgIpc) is 2.74. The lowest BCUT2D eigenvalue weighted by atomic mass is 9.93. The van der Waals surface area contributed by atoms with Crippen LogP contribution in [-0.2, 0) is 4.79 Å². The van der Waals surface area contributed by atoms with E-state index in [4.69, 9.17) is 4.74 Å². The topological polar surface area (TPSA) is 41.6 Å². The summed E-state index contributed by atoms with van der Waals surface area (Å²) >= 11 is 0. The van der Waals surface area contributed by atoms with Crippen molar-refractivity contribution in [3.05, 3.63) is 23.8 Å². The summed E-state index contributed by atoms with van der Waals surface area (Å²) in [5.41, 5.74) is 2.07. The zero-order valence-electron chi connectivity index (χ0n) is 11.5. The van der Waals surface area contributed by atoms with Crippen LogP contribution in [0.2, 0.25) is 0 Å². The first kappa shape index (κ1) is 12.5. The first-order valence-electron chi connectivity index (χ1n) is 6.88. The third-order valence-electron chi connectivity index (χ3n) is 4.28. The zero-order valence-corrected chi connectivity index (χ0v) is 11.5. The van der Waals surface area contributed by atoms with E-state index in [-0.39, 0.29) is 5.91 Å². The lowest BCUT2D eigenvalue weighted by Crippen LogP contribution is -2.46. The van der Waals surface area contributed by atoms with Crippen LogP contribution in [0.15, 0.2) is 18.2 Å². The minimum Gasteiger partial charge on any atom is -0.496 e. The fourth-order valence-corrected chi connectivity index (χ4v) is 3.29. The molecule has 2 fully saturated rings. The van der Waals surface area contributed by atoms with E-state index in [0.29, 0.717) is 18.4 Å². The van der Waals surface area contributed by atoms with Gasteiger partial charge in [0.05, 0.1) is 13.2 Å². The van der Waals surface area contributed by atoms with Crippen molar-refractivity contribution in [3.8, 4) is 5.75 Å². The fraction of sp³-hybridized carbons (Fsp3) is 0.533. The van der Waals surface area contributed by atoms with Crippen LogP contribution >= 0.6 is 0 Å². The van der Waals surface area contributed by atoms with Crippen LogP contribution in [0.25, 0.3) is 0 Å². The number of fused-ring (bicyclic) bond motifs is 1. The molecule has 0 saturated carbocycles.